The van der Waals surface area contributed by atoms with Crippen LogP contribution in [0, 0.1) is 5.41 Å². The molecule has 0 saturated carbocycles. The first-order valence-corrected chi connectivity index (χ1v) is 10.4. The second-order valence-electron chi connectivity index (χ2n) is 8.72. The Labute approximate surface area is 170 Å². The standard InChI is InChI=1S/C22H28N4O3/c1-4-9-23-21(28)14-7-8-18(24-13-14)26-15-11-22(2,3)12-16(27)19(15)20(25-26)17-6-5-10-29-17/h7-8,13,17H,4-6,9-12H2,1-3H3,(H,23,28). The minimum Gasteiger partial charge on any atom is -0.372 e. The molecule has 1 amide bonds. The topological polar surface area (TPSA) is 86.1 Å². The molecule has 2 aromatic heterocycles. The lowest BCUT2D eigenvalue weighted by Crippen LogP contribution is -2.28. The van der Waals surface area contributed by atoms with Crippen LogP contribution in [-0.2, 0) is 11.2 Å². The van der Waals surface area contributed by atoms with E-state index in [1.807, 2.05) is 6.92 Å². The lowest BCUT2D eigenvalue weighted by Gasteiger charge is -2.29. The number of ether oxygens (including phenoxy) is 1. The highest BCUT2D eigenvalue weighted by Crippen LogP contribution is 2.40. The van der Waals surface area contributed by atoms with Crippen LogP contribution in [-0.4, -0.2) is 39.6 Å². The van der Waals surface area contributed by atoms with Crippen molar-refractivity contribution in [2.75, 3.05) is 13.2 Å². The Morgan fingerprint density at radius 3 is 2.83 bits per heavy atom. The van der Waals surface area contributed by atoms with Gasteiger partial charge in [-0.2, -0.15) is 5.10 Å². The molecule has 7 nitrogen and oxygen atoms in total. The fraction of sp³-hybridized carbons (Fsp3) is 0.545. The number of fused-ring (bicyclic) bond motifs is 1. The number of nitrogens with zero attached hydrogens (tertiary/aromatic N) is 3. The van der Waals surface area contributed by atoms with E-state index in [0.717, 1.165) is 37.1 Å². The predicted octanol–water partition coefficient (Wildman–Crippen LogP) is 3.41. The third-order valence-electron chi connectivity index (χ3n) is 5.57. The summed E-state index contributed by atoms with van der Waals surface area (Å²) in [6.07, 6.45) is 5.43. The summed E-state index contributed by atoms with van der Waals surface area (Å²) in [5.41, 5.74) is 2.73. The van der Waals surface area contributed by atoms with Crippen LogP contribution in [0.1, 0.15) is 84.7 Å². The van der Waals surface area contributed by atoms with Gasteiger partial charge in [-0.15, -0.1) is 0 Å². The first-order chi connectivity index (χ1) is 13.9. The summed E-state index contributed by atoms with van der Waals surface area (Å²) in [5.74, 6) is 0.608. The highest BCUT2D eigenvalue weighted by molar-refractivity contribution is 6.00. The Kier molecular flexibility index (Phi) is 5.25. The van der Waals surface area contributed by atoms with Crippen LogP contribution in [0.4, 0.5) is 0 Å². The number of hydrogen-bond acceptors (Lipinski definition) is 5. The van der Waals surface area contributed by atoms with Crippen molar-refractivity contribution >= 4 is 11.7 Å². The Morgan fingerprint density at radius 2 is 2.17 bits per heavy atom. The first kappa shape index (κ1) is 19.8. The van der Waals surface area contributed by atoms with Crippen molar-refractivity contribution in [3.63, 3.8) is 0 Å². The molecule has 0 radical (unpaired) electrons. The SMILES string of the molecule is CCCNC(=O)c1ccc(-n2nc(C3CCCO3)c3c2CC(C)(C)CC3=O)nc1. The zero-order chi connectivity index (χ0) is 20.6. The number of pyridine rings is 1. The summed E-state index contributed by atoms with van der Waals surface area (Å²) in [6, 6.07) is 3.54. The Bertz CT molecular complexity index is 924. The van der Waals surface area contributed by atoms with Crippen LogP contribution in [0.2, 0.25) is 0 Å². The molecular weight excluding hydrogens is 368 g/mol. The molecule has 7 heteroatoms. The number of Topliss-reactive ketones (excluding diaryl/α,β-unsaturated/α-hetero) is 1. The van der Waals surface area contributed by atoms with Gasteiger partial charge in [0.25, 0.3) is 5.91 Å². The van der Waals surface area contributed by atoms with Crippen molar-refractivity contribution in [2.45, 2.75) is 59.0 Å². The lowest BCUT2D eigenvalue weighted by molar-refractivity contribution is 0.0884. The summed E-state index contributed by atoms with van der Waals surface area (Å²) in [7, 11) is 0. The quantitative estimate of drug-likeness (QED) is 0.837. The minimum absolute atomic E-state index is 0.128. The van der Waals surface area contributed by atoms with Crippen LogP contribution in [0.15, 0.2) is 18.3 Å². The van der Waals surface area contributed by atoms with E-state index < -0.39 is 0 Å². The van der Waals surface area contributed by atoms with Gasteiger partial charge in [-0.05, 0) is 43.2 Å². The minimum atomic E-state index is -0.134. The Balaban J connectivity index is 1.73. The largest absolute Gasteiger partial charge is 0.372 e. The van der Waals surface area contributed by atoms with Crippen molar-refractivity contribution in [1.82, 2.24) is 20.1 Å². The average Bonchev–Trinajstić information content (AvgIpc) is 3.33. The summed E-state index contributed by atoms with van der Waals surface area (Å²) >= 11 is 0. The molecule has 0 aromatic carbocycles. The van der Waals surface area contributed by atoms with Gasteiger partial charge in [-0.3, -0.25) is 9.59 Å². The summed E-state index contributed by atoms with van der Waals surface area (Å²) in [4.78, 5) is 29.6. The van der Waals surface area contributed by atoms with E-state index in [4.69, 9.17) is 9.84 Å². The zero-order valence-corrected chi connectivity index (χ0v) is 17.3. The van der Waals surface area contributed by atoms with Crippen molar-refractivity contribution in [3.8, 4) is 5.82 Å². The number of carbonyl (C=O) groups is 2. The zero-order valence-electron chi connectivity index (χ0n) is 17.3. The number of aromatic nitrogens is 3. The average molecular weight is 396 g/mol. The van der Waals surface area contributed by atoms with Crippen LogP contribution in [0.25, 0.3) is 5.82 Å². The van der Waals surface area contributed by atoms with Crippen molar-refractivity contribution in [2.24, 2.45) is 5.41 Å². The van der Waals surface area contributed by atoms with E-state index in [-0.39, 0.29) is 23.2 Å². The molecule has 1 unspecified atom stereocenters. The Morgan fingerprint density at radius 1 is 1.34 bits per heavy atom. The third kappa shape index (κ3) is 3.83. The van der Waals surface area contributed by atoms with E-state index >= 15 is 0 Å². The molecule has 3 heterocycles. The van der Waals surface area contributed by atoms with E-state index in [9.17, 15) is 9.59 Å². The summed E-state index contributed by atoms with van der Waals surface area (Å²) in [5, 5.41) is 7.64. The number of ketones is 1. The van der Waals surface area contributed by atoms with Crippen LogP contribution >= 0.6 is 0 Å². The van der Waals surface area contributed by atoms with Gasteiger partial charge in [-0.25, -0.2) is 9.67 Å². The van der Waals surface area contributed by atoms with E-state index in [1.54, 1.807) is 23.0 Å². The second kappa shape index (κ2) is 7.71. The highest BCUT2D eigenvalue weighted by atomic mass is 16.5. The number of amides is 1. The molecule has 4 rings (SSSR count). The fourth-order valence-electron chi connectivity index (χ4n) is 4.17. The molecule has 0 spiro atoms. The van der Waals surface area contributed by atoms with Gasteiger partial charge in [0, 0.05) is 25.8 Å². The highest BCUT2D eigenvalue weighted by Gasteiger charge is 2.39. The molecule has 1 atom stereocenters. The van der Waals surface area contributed by atoms with E-state index in [2.05, 4.69) is 24.1 Å². The maximum absolute atomic E-state index is 13.0. The van der Waals surface area contributed by atoms with Gasteiger partial charge in [0.2, 0.25) is 0 Å². The van der Waals surface area contributed by atoms with Gasteiger partial charge >= 0.3 is 0 Å². The molecule has 1 aliphatic heterocycles. The van der Waals surface area contributed by atoms with Gasteiger partial charge in [0.15, 0.2) is 11.6 Å². The lowest BCUT2D eigenvalue weighted by atomic mass is 9.75. The smallest absolute Gasteiger partial charge is 0.252 e. The fourth-order valence-corrected chi connectivity index (χ4v) is 4.17. The third-order valence-corrected chi connectivity index (χ3v) is 5.57. The first-order valence-electron chi connectivity index (χ1n) is 10.4. The van der Waals surface area contributed by atoms with Gasteiger partial charge in [0.05, 0.1) is 16.8 Å². The van der Waals surface area contributed by atoms with Crippen molar-refractivity contribution in [3.05, 3.63) is 40.8 Å². The molecule has 1 saturated heterocycles. The van der Waals surface area contributed by atoms with Gasteiger partial charge in [0.1, 0.15) is 11.8 Å². The molecule has 0 bridgehead atoms. The summed E-state index contributed by atoms with van der Waals surface area (Å²) < 4.78 is 7.62. The van der Waals surface area contributed by atoms with Crippen LogP contribution < -0.4 is 5.32 Å². The van der Waals surface area contributed by atoms with Crippen LogP contribution in [0.5, 0.6) is 0 Å². The predicted molar refractivity (Wildman–Crippen MR) is 108 cm³/mol. The number of hydrogen-bond donors (Lipinski definition) is 1. The molecule has 1 fully saturated rings. The van der Waals surface area contributed by atoms with E-state index in [1.165, 1.54) is 0 Å². The molecule has 154 valence electrons. The van der Waals surface area contributed by atoms with Gasteiger partial charge in [-0.1, -0.05) is 20.8 Å². The molecule has 2 aliphatic rings. The van der Waals surface area contributed by atoms with Crippen molar-refractivity contribution in [1.29, 1.82) is 0 Å². The Hall–Kier alpha value is -2.54. The monoisotopic (exact) mass is 396 g/mol. The molecule has 2 aromatic rings. The normalized spacial score (nSPS) is 20.5. The molecule has 1 N–H and O–H groups in total. The molecule has 29 heavy (non-hydrogen) atoms. The summed E-state index contributed by atoms with van der Waals surface area (Å²) in [6.45, 7) is 7.55. The van der Waals surface area contributed by atoms with Crippen molar-refractivity contribution < 1.29 is 14.3 Å². The van der Waals surface area contributed by atoms with Crippen LogP contribution in [0.3, 0.4) is 0 Å². The number of rotatable bonds is 5. The number of nitrogens with one attached hydrogen (secondary N) is 1. The second-order valence-corrected chi connectivity index (χ2v) is 8.72. The molecule has 1 aliphatic carbocycles. The maximum Gasteiger partial charge on any atom is 0.252 e. The number of carbonyl (C=O) groups excluding carboxylic acids is 2. The van der Waals surface area contributed by atoms with E-state index in [0.29, 0.717) is 36.5 Å². The maximum atomic E-state index is 13.0. The molecular formula is C22H28N4O3. The van der Waals surface area contributed by atoms with Gasteiger partial charge < -0.3 is 10.1 Å².